The Kier molecular flexibility index (Phi) is 4.70. The van der Waals surface area contributed by atoms with Gasteiger partial charge in [-0.15, -0.1) is 0 Å². The van der Waals surface area contributed by atoms with Crippen LogP contribution in [0.4, 0.5) is 4.79 Å². The van der Waals surface area contributed by atoms with Crippen LogP contribution in [0.3, 0.4) is 0 Å². The molecule has 0 spiro atoms. The Morgan fingerprint density at radius 3 is 2.50 bits per heavy atom. The van der Waals surface area contributed by atoms with Gasteiger partial charge in [-0.3, -0.25) is 0 Å². The summed E-state index contributed by atoms with van der Waals surface area (Å²) in [5.74, 6) is 0. The van der Waals surface area contributed by atoms with Gasteiger partial charge < -0.3 is 9.47 Å². The Morgan fingerprint density at radius 2 is 1.85 bits per heavy atom. The lowest BCUT2D eigenvalue weighted by molar-refractivity contribution is 0.0247. The molecule has 0 N–H and O–H groups in total. The fourth-order valence-corrected chi connectivity index (χ4v) is 5.11. The number of hydrogen-bond donors (Lipinski definition) is 0. The number of ether oxygens (including phenoxy) is 2. The maximum Gasteiger partial charge on any atom is 0.508 e. The predicted molar refractivity (Wildman–Crippen MR) is 92.8 cm³/mol. The zero-order valence-electron chi connectivity index (χ0n) is 14.1. The van der Waals surface area contributed by atoms with Crippen molar-refractivity contribution in [3.8, 4) is 6.07 Å². The molecule has 1 aliphatic rings. The molecule has 2 atom stereocenters. The van der Waals surface area contributed by atoms with E-state index in [0.717, 1.165) is 0 Å². The van der Waals surface area contributed by atoms with E-state index in [-0.39, 0.29) is 17.9 Å². The molecule has 1 aliphatic carbocycles. The summed E-state index contributed by atoms with van der Waals surface area (Å²) < 4.78 is 34.9. The number of sulfone groups is 1. The molecule has 26 heavy (non-hydrogen) atoms. The second kappa shape index (κ2) is 6.81. The van der Waals surface area contributed by atoms with Crippen LogP contribution in [0.5, 0.6) is 0 Å². The second-order valence-corrected chi connectivity index (χ2v) is 8.01. The van der Waals surface area contributed by atoms with E-state index in [1.807, 2.05) is 6.07 Å². The predicted octanol–water partition coefficient (Wildman–Crippen LogP) is 3.50. The van der Waals surface area contributed by atoms with Gasteiger partial charge in [0.05, 0.1) is 17.6 Å². The van der Waals surface area contributed by atoms with Crippen molar-refractivity contribution >= 4 is 16.0 Å². The molecule has 2 unspecified atom stereocenters. The van der Waals surface area contributed by atoms with E-state index >= 15 is 0 Å². The number of nitrogens with zero attached hydrogens (tertiary/aromatic N) is 1. The lowest BCUT2D eigenvalue weighted by Gasteiger charge is -2.22. The molecule has 0 heterocycles. The lowest BCUT2D eigenvalue weighted by atomic mass is 10.0. The van der Waals surface area contributed by atoms with Crippen molar-refractivity contribution < 1.29 is 22.7 Å². The molecule has 7 heteroatoms. The van der Waals surface area contributed by atoms with Crippen LogP contribution in [-0.4, -0.2) is 21.2 Å². The van der Waals surface area contributed by atoms with E-state index in [4.69, 9.17) is 9.47 Å². The largest absolute Gasteiger partial charge is 0.508 e. The van der Waals surface area contributed by atoms with Crippen molar-refractivity contribution in [2.75, 3.05) is 6.61 Å². The van der Waals surface area contributed by atoms with Gasteiger partial charge >= 0.3 is 6.16 Å². The zero-order chi connectivity index (χ0) is 18.8. The van der Waals surface area contributed by atoms with Gasteiger partial charge in [-0.05, 0) is 30.2 Å². The number of carbonyl (C=O) groups excluding carboxylic acids is 1. The van der Waals surface area contributed by atoms with Crippen LogP contribution >= 0.6 is 0 Å². The van der Waals surface area contributed by atoms with Gasteiger partial charge in [0.25, 0.3) is 0 Å². The topological polar surface area (TPSA) is 93.5 Å². The summed E-state index contributed by atoms with van der Waals surface area (Å²) in [7, 11) is -4.04. The minimum atomic E-state index is -4.04. The highest BCUT2D eigenvalue weighted by Gasteiger charge is 2.55. The first-order chi connectivity index (χ1) is 12.5. The summed E-state index contributed by atoms with van der Waals surface area (Å²) in [5, 5.41) is 9.91. The molecule has 3 rings (SSSR count). The van der Waals surface area contributed by atoms with Crippen molar-refractivity contribution in [1.29, 1.82) is 5.26 Å². The fourth-order valence-electron chi connectivity index (χ4n) is 3.22. The highest BCUT2D eigenvalue weighted by Crippen LogP contribution is 2.51. The maximum absolute atomic E-state index is 13.3. The van der Waals surface area contributed by atoms with Crippen LogP contribution in [0.15, 0.2) is 59.5 Å². The van der Waals surface area contributed by atoms with Crippen molar-refractivity contribution in [2.24, 2.45) is 0 Å². The average Bonchev–Trinajstić information content (AvgIpc) is 2.98. The first-order valence-corrected chi connectivity index (χ1v) is 9.58. The van der Waals surface area contributed by atoms with Crippen LogP contribution in [0.2, 0.25) is 0 Å². The lowest BCUT2D eigenvalue weighted by Crippen LogP contribution is -2.32. The molecule has 2 aromatic carbocycles. The molecular formula is C19H17NO5S. The van der Waals surface area contributed by atoms with Gasteiger partial charge in [-0.1, -0.05) is 42.5 Å². The van der Waals surface area contributed by atoms with Crippen molar-refractivity contribution in [1.82, 2.24) is 0 Å². The molecule has 0 saturated carbocycles. The van der Waals surface area contributed by atoms with Crippen LogP contribution < -0.4 is 0 Å². The summed E-state index contributed by atoms with van der Waals surface area (Å²) >= 11 is 0. The number of fused-ring (bicyclic) bond motifs is 1. The summed E-state index contributed by atoms with van der Waals surface area (Å²) in [5.41, 5.74) is 0.835. The van der Waals surface area contributed by atoms with Gasteiger partial charge in [-0.2, -0.15) is 5.26 Å². The van der Waals surface area contributed by atoms with E-state index in [1.165, 1.54) is 12.1 Å². The summed E-state index contributed by atoms with van der Waals surface area (Å²) in [6, 6.07) is 16.4. The standard InChI is InChI=1S/C19H17NO5S/c1-2-24-18(21)25-17-12-19(13-20,16-11-7-6-10-15(16)17)26(22,23)14-8-4-3-5-9-14/h3-11,17H,2,12H2,1H3. The zero-order valence-corrected chi connectivity index (χ0v) is 14.9. The average molecular weight is 371 g/mol. The van der Waals surface area contributed by atoms with E-state index in [1.54, 1.807) is 49.4 Å². The van der Waals surface area contributed by atoms with Crippen LogP contribution in [0, 0.1) is 11.3 Å². The first-order valence-electron chi connectivity index (χ1n) is 8.10. The molecule has 0 saturated heterocycles. The molecule has 0 aromatic heterocycles. The second-order valence-electron chi connectivity index (χ2n) is 5.84. The Balaban J connectivity index is 2.12. The Bertz CT molecular complexity index is 965. The summed E-state index contributed by atoms with van der Waals surface area (Å²) in [4.78, 5) is 11.8. The maximum atomic E-state index is 13.3. The molecule has 6 nitrogen and oxygen atoms in total. The third-order valence-electron chi connectivity index (χ3n) is 4.41. The Labute approximate surface area is 151 Å². The van der Waals surface area contributed by atoms with E-state index in [0.29, 0.717) is 11.1 Å². The monoisotopic (exact) mass is 371 g/mol. The Morgan fingerprint density at radius 1 is 1.19 bits per heavy atom. The molecule has 2 aromatic rings. The summed E-state index contributed by atoms with van der Waals surface area (Å²) in [6.07, 6.45) is -1.94. The van der Waals surface area contributed by atoms with Crippen LogP contribution in [0.25, 0.3) is 0 Å². The highest BCUT2D eigenvalue weighted by molar-refractivity contribution is 7.92. The molecule has 0 bridgehead atoms. The van der Waals surface area contributed by atoms with Crippen LogP contribution in [0.1, 0.15) is 30.6 Å². The molecule has 0 radical (unpaired) electrons. The molecule has 134 valence electrons. The SMILES string of the molecule is CCOC(=O)OC1CC(C#N)(S(=O)(=O)c2ccccc2)c2ccccc21. The number of carbonyl (C=O) groups is 1. The quantitative estimate of drug-likeness (QED) is 0.764. The summed E-state index contributed by atoms with van der Waals surface area (Å²) in [6.45, 7) is 1.78. The molecule has 0 aliphatic heterocycles. The van der Waals surface area contributed by atoms with Crippen molar-refractivity contribution in [3.05, 3.63) is 65.7 Å². The van der Waals surface area contributed by atoms with E-state index in [2.05, 4.69) is 0 Å². The van der Waals surface area contributed by atoms with Gasteiger partial charge in [0, 0.05) is 6.42 Å². The van der Waals surface area contributed by atoms with Gasteiger partial charge in [0.1, 0.15) is 6.10 Å². The van der Waals surface area contributed by atoms with Crippen molar-refractivity contribution in [3.63, 3.8) is 0 Å². The van der Waals surface area contributed by atoms with Gasteiger partial charge in [-0.25, -0.2) is 13.2 Å². The van der Waals surface area contributed by atoms with Crippen molar-refractivity contribution in [2.45, 2.75) is 29.1 Å². The molecular weight excluding hydrogens is 354 g/mol. The smallest absolute Gasteiger partial charge is 0.435 e. The number of benzene rings is 2. The molecule has 0 fully saturated rings. The van der Waals surface area contributed by atoms with Gasteiger partial charge in [0.2, 0.25) is 9.84 Å². The minimum Gasteiger partial charge on any atom is -0.435 e. The fraction of sp³-hybridized carbons (Fsp3) is 0.263. The minimum absolute atomic E-state index is 0.0492. The first kappa shape index (κ1) is 18.0. The van der Waals surface area contributed by atoms with Gasteiger partial charge in [0.15, 0.2) is 4.75 Å². The van der Waals surface area contributed by atoms with Crippen LogP contribution in [-0.2, 0) is 24.1 Å². The third-order valence-corrected chi connectivity index (χ3v) is 6.70. The number of hydrogen-bond acceptors (Lipinski definition) is 6. The Hall–Kier alpha value is -2.85. The highest BCUT2D eigenvalue weighted by atomic mass is 32.2. The number of nitriles is 1. The normalized spacial score (nSPS) is 21.5. The molecule has 0 amide bonds. The van der Waals surface area contributed by atoms with E-state index in [9.17, 15) is 18.5 Å². The third kappa shape index (κ3) is 2.72. The van der Waals surface area contributed by atoms with E-state index < -0.39 is 26.8 Å². The number of rotatable bonds is 4.